The molecule has 4 aromatic rings. The van der Waals surface area contributed by atoms with Gasteiger partial charge in [0.1, 0.15) is 11.5 Å². The maximum absolute atomic E-state index is 13.8. The van der Waals surface area contributed by atoms with Crippen LogP contribution in [0.1, 0.15) is 24.6 Å². The summed E-state index contributed by atoms with van der Waals surface area (Å²) in [6.07, 6.45) is 8.09. The Morgan fingerprint density at radius 2 is 1.85 bits per heavy atom. The van der Waals surface area contributed by atoms with Gasteiger partial charge in [-0.05, 0) is 61.4 Å². The Labute approximate surface area is 232 Å². The zero-order chi connectivity index (χ0) is 29.0. The fourth-order valence-corrected chi connectivity index (χ4v) is 4.27. The SMILES string of the molecule is CC1(C(=O)NCc2ccncc2)C=C(C(=O)Nc2ccc(-n3nc(-c4cccnc4)cc3C(F)(F)F)cn2)C=CC1. The van der Waals surface area contributed by atoms with Gasteiger partial charge in [0.25, 0.3) is 5.91 Å². The van der Waals surface area contributed by atoms with Gasteiger partial charge in [-0.1, -0.05) is 18.2 Å². The lowest BCUT2D eigenvalue weighted by Crippen LogP contribution is -2.38. The molecule has 1 atom stereocenters. The van der Waals surface area contributed by atoms with E-state index in [-0.39, 0.29) is 28.7 Å². The van der Waals surface area contributed by atoms with Crippen LogP contribution in [0.3, 0.4) is 0 Å². The molecule has 0 spiro atoms. The zero-order valence-electron chi connectivity index (χ0n) is 21.8. The van der Waals surface area contributed by atoms with Gasteiger partial charge in [0.2, 0.25) is 5.91 Å². The van der Waals surface area contributed by atoms with Gasteiger partial charge in [0, 0.05) is 42.5 Å². The summed E-state index contributed by atoms with van der Waals surface area (Å²) in [7, 11) is 0. The third kappa shape index (κ3) is 6.21. The Morgan fingerprint density at radius 3 is 2.54 bits per heavy atom. The first kappa shape index (κ1) is 27.4. The number of hydrogen-bond acceptors (Lipinski definition) is 6. The molecule has 1 aliphatic rings. The zero-order valence-corrected chi connectivity index (χ0v) is 21.8. The molecule has 0 aliphatic heterocycles. The van der Waals surface area contributed by atoms with Gasteiger partial charge in [0.05, 0.1) is 23.0 Å². The Morgan fingerprint density at radius 1 is 1.05 bits per heavy atom. The van der Waals surface area contributed by atoms with Crippen LogP contribution in [0.2, 0.25) is 0 Å². The van der Waals surface area contributed by atoms with Gasteiger partial charge in [-0.15, -0.1) is 0 Å². The van der Waals surface area contributed by atoms with E-state index in [4.69, 9.17) is 0 Å². The number of hydrogen-bond donors (Lipinski definition) is 2. The van der Waals surface area contributed by atoms with Gasteiger partial charge < -0.3 is 10.6 Å². The lowest BCUT2D eigenvalue weighted by atomic mass is 9.80. The van der Waals surface area contributed by atoms with Crippen molar-refractivity contribution >= 4 is 17.6 Å². The molecule has 0 saturated carbocycles. The maximum atomic E-state index is 13.8. The molecule has 4 heterocycles. The highest BCUT2D eigenvalue weighted by Crippen LogP contribution is 2.34. The minimum atomic E-state index is -4.67. The van der Waals surface area contributed by atoms with E-state index >= 15 is 0 Å². The summed E-state index contributed by atoms with van der Waals surface area (Å²) in [6.45, 7) is 2.06. The molecule has 0 aromatic carbocycles. The summed E-state index contributed by atoms with van der Waals surface area (Å²) in [4.78, 5) is 37.9. The first-order valence-corrected chi connectivity index (χ1v) is 12.5. The molecule has 12 heteroatoms. The van der Waals surface area contributed by atoms with Gasteiger partial charge >= 0.3 is 6.18 Å². The standard InChI is InChI=1S/C29H24F3N7O2/c1-28(27(41)36-16-19-8-12-33-13-9-19)10-2-4-20(15-28)26(40)37-25-7-6-22(18-35-25)39-24(29(30,31)32)14-23(38-39)21-5-3-11-34-17-21/h2-9,11-15,17-18H,10,16H2,1H3,(H,36,41)(H,35,37,40). The van der Waals surface area contributed by atoms with Crippen LogP contribution in [-0.2, 0) is 22.3 Å². The number of carbonyl (C=O) groups is 2. The second-order valence-corrected chi connectivity index (χ2v) is 9.58. The Bertz CT molecular complexity index is 1620. The van der Waals surface area contributed by atoms with Crippen LogP contribution < -0.4 is 10.6 Å². The number of aromatic nitrogens is 5. The fourth-order valence-electron chi connectivity index (χ4n) is 4.27. The van der Waals surface area contributed by atoms with E-state index in [1.165, 1.54) is 30.7 Å². The molecule has 9 nitrogen and oxygen atoms in total. The second-order valence-electron chi connectivity index (χ2n) is 9.58. The van der Waals surface area contributed by atoms with E-state index in [2.05, 4.69) is 30.7 Å². The number of carbonyl (C=O) groups excluding carboxylic acids is 2. The number of allylic oxidation sites excluding steroid dienone is 1. The molecule has 208 valence electrons. The Kier molecular flexibility index (Phi) is 7.47. The average Bonchev–Trinajstić information content (AvgIpc) is 3.44. The van der Waals surface area contributed by atoms with Crippen molar-refractivity contribution in [3.63, 3.8) is 0 Å². The van der Waals surface area contributed by atoms with Crippen molar-refractivity contribution in [1.29, 1.82) is 0 Å². The molecular formula is C29H24F3N7O2. The molecule has 0 radical (unpaired) electrons. The number of alkyl halides is 3. The number of nitrogens with zero attached hydrogens (tertiary/aromatic N) is 5. The quantitative estimate of drug-likeness (QED) is 0.333. The smallest absolute Gasteiger partial charge is 0.351 e. The highest BCUT2D eigenvalue weighted by atomic mass is 19.4. The van der Waals surface area contributed by atoms with Crippen molar-refractivity contribution in [2.45, 2.75) is 26.1 Å². The van der Waals surface area contributed by atoms with Crippen LogP contribution in [0, 0.1) is 5.41 Å². The van der Waals surface area contributed by atoms with Crippen LogP contribution in [0.15, 0.2) is 97.2 Å². The van der Waals surface area contributed by atoms with Crippen molar-refractivity contribution in [1.82, 2.24) is 30.0 Å². The fraction of sp³-hybridized carbons (Fsp3) is 0.172. The van der Waals surface area contributed by atoms with Crippen molar-refractivity contribution in [3.8, 4) is 16.9 Å². The predicted octanol–water partition coefficient (Wildman–Crippen LogP) is 4.89. The second kappa shape index (κ2) is 11.2. The monoisotopic (exact) mass is 559 g/mol. The number of nitrogens with one attached hydrogen (secondary N) is 2. The summed E-state index contributed by atoms with van der Waals surface area (Å²) in [5, 5.41) is 9.64. The minimum absolute atomic E-state index is 0.0562. The van der Waals surface area contributed by atoms with Crippen LogP contribution in [0.5, 0.6) is 0 Å². The van der Waals surface area contributed by atoms with Crippen molar-refractivity contribution in [2.75, 3.05) is 5.32 Å². The topological polar surface area (TPSA) is 115 Å². The number of amides is 2. The molecule has 2 amide bonds. The van der Waals surface area contributed by atoms with E-state index in [1.54, 1.807) is 61.8 Å². The predicted molar refractivity (Wildman–Crippen MR) is 144 cm³/mol. The minimum Gasteiger partial charge on any atom is -0.351 e. The summed E-state index contributed by atoms with van der Waals surface area (Å²) < 4.78 is 42.1. The van der Waals surface area contributed by atoms with Crippen LogP contribution in [0.4, 0.5) is 19.0 Å². The maximum Gasteiger partial charge on any atom is 0.433 e. The number of halogens is 3. The molecule has 2 N–H and O–H groups in total. The van der Waals surface area contributed by atoms with Crippen molar-refractivity contribution in [3.05, 3.63) is 109 Å². The molecule has 41 heavy (non-hydrogen) atoms. The van der Waals surface area contributed by atoms with Crippen LogP contribution in [-0.4, -0.2) is 36.5 Å². The molecule has 4 aromatic heterocycles. The third-order valence-corrected chi connectivity index (χ3v) is 6.49. The molecule has 0 bridgehead atoms. The summed E-state index contributed by atoms with van der Waals surface area (Å²) in [5.41, 5.74) is -0.185. The molecule has 0 fully saturated rings. The summed E-state index contributed by atoms with van der Waals surface area (Å²) in [6, 6.07) is 10.5. The molecule has 1 unspecified atom stereocenters. The van der Waals surface area contributed by atoms with Crippen LogP contribution >= 0.6 is 0 Å². The molecular weight excluding hydrogens is 535 g/mol. The van der Waals surface area contributed by atoms with Gasteiger partial charge in [-0.3, -0.25) is 19.6 Å². The first-order valence-electron chi connectivity index (χ1n) is 12.5. The largest absolute Gasteiger partial charge is 0.433 e. The molecule has 0 saturated heterocycles. The summed E-state index contributed by atoms with van der Waals surface area (Å²) in [5.74, 6) is -0.629. The highest BCUT2D eigenvalue weighted by molar-refractivity contribution is 6.06. The lowest BCUT2D eigenvalue weighted by molar-refractivity contribution is -0.142. The lowest BCUT2D eigenvalue weighted by Gasteiger charge is -2.27. The Hall–Kier alpha value is -5.13. The number of pyridine rings is 3. The van der Waals surface area contributed by atoms with E-state index in [9.17, 15) is 22.8 Å². The van der Waals surface area contributed by atoms with Gasteiger partial charge in [-0.25, -0.2) is 9.67 Å². The van der Waals surface area contributed by atoms with E-state index in [0.29, 0.717) is 18.5 Å². The van der Waals surface area contributed by atoms with Gasteiger partial charge in [-0.2, -0.15) is 18.3 Å². The Balaban J connectivity index is 1.30. The highest BCUT2D eigenvalue weighted by Gasteiger charge is 2.37. The average molecular weight is 560 g/mol. The number of rotatable bonds is 7. The van der Waals surface area contributed by atoms with E-state index < -0.39 is 23.2 Å². The first-order chi connectivity index (χ1) is 19.6. The van der Waals surface area contributed by atoms with E-state index in [1.807, 2.05) is 0 Å². The number of anilines is 1. The van der Waals surface area contributed by atoms with Crippen molar-refractivity contribution < 1.29 is 22.8 Å². The summed E-state index contributed by atoms with van der Waals surface area (Å²) >= 11 is 0. The van der Waals surface area contributed by atoms with Gasteiger partial charge in [0.15, 0.2) is 0 Å². The molecule has 1 aliphatic carbocycles. The normalized spacial score (nSPS) is 16.6. The molecule has 5 rings (SSSR count). The van der Waals surface area contributed by atoms with Crippen LogP contribution in [0.25, 0.3) is 16.9 Å². The van der Waals surface area contributed by atoms with E-state index in [0.717, 1.165) is 16.3 Å². The third-order valence-electron chi connectivity index (χ3n) is 6.49. The van der Waals surface area contributed by atoms with Crippen molar-refractivity contribution in [2.24, 2.45) is 5.41 Å².